The van der Waals surface area contributed by atoms with Gasteiger partial charge in [-0.05, 0) is 5.56 Å². The highest BCUT2D eigenvalue weighted by Crippen LogP contribution is 2.35. The molecule has 1 aliphatic heterocycles. The van der Waals surface area contributed by atoms with Gasteiger partial charge in [-0.25, -0.2) is 4.79 Å². The zero-order valence-electron chi connectivity index (χ0n) is 9.46. The zero-order valence-corrected chi connectivity index (χ0v) is 9.46. The molecule has 1 saturated heterocycles. The van der Waals surface area contributed by atoms with Crippen molar-refractivity contribution in [3.05, 3.63) is 35.9 Å². The summed E-state index contributed by atoms with van der Waals surface area (Å²) < 4.78 is 5.11. The fraction of sp³-hybridized carbons (Fsp3) is 0.250. The highest BCUT2D eigenvalue weighted by molar-refractivity contribution is 5.97. The van der Waals surface area contributed by atoms with Crippen LogP contribution in [0.1, 0.15) is 18.1 Å². The number of cyclic esters (lactones) is 1. The Labute approximate surface area is 103 Å². The van der Waals surface area contributed by atoms with Crippen LogP contribution in [0.2, 0.25) is 0 Å². The second-order valence-corrected chi connectivity index (χ2v) is 3.99. The Morgan fingerprint density at radius 1 is 1.28 bits per heavy atom. The van der Waals surface area contributed by atoms with E-state index in [1.165, 1.54) is 0 Å². The molecule has 0 saturated carbocycles. The van der Waals surface area contributed by atoms with Gasteiger partial charge in [0.1, 0.15) is 6.10 Å². The lowest BCUT2D eigenvalue weighted by Gasteiger charge is -2.16. The van der Waals surface area contributed by atoms with Crippen molar-refractivity contribution in [1.29, 1.82) is 0 Å². The van der Waals surface area contributed by atoms with Crippen molar-refractivity contribution in [3.63, 3.8) is 0 Å². The number of hydrogen-bond acceptors (Lipinski definition) is 4. The number of hydrogen-bond donors (Lipinski definition) is 2. The van der Waals surface area contributed by atoms with Crippen molar-refractivity contribution in [2.45, 2.75) is 12.5 Å². The number of carbonyl (C=O) groups is 3. The average molecular weight is 248 g/mol. The van der Waals surface area contributed by atoms with Gasteiger partial charge in [-0.2, -0.15) is 0 Å². The molecule has 6 nitrogen and oxygen atoms in total. The molecule has 1 aromatic carbocycles. The molecule has 0 aliphatic carbocycles. The van der Waals surface area contributed by atoms with Gasteiger partial charge in [0.05, 0.1) is 12.3 Å². The molecular weight excluding hydrogens is 236 g/mol. The number of primary amides is 1. The van der Waals surface area contributed by atoms with Crippen molar-refractivity contribution in [2.75, 3.05) is 0 Å². The van der Waals surface area contributed by atoms with Crippen LogP contribution in [0.25, 0.3) is 0 Å². The summed E-state index contributed by atoms with van der Waals surface area (Å²) in [4.78, 5) is 33.7. The molecule has 0 aromatic heterocycles. The summed E-state index contributed by atoms with van der Waals surface area (Å²) in [5, 5.41) is 1.97. The monoisotopic (exact) mass is 248 g/mol. The lowest BCUT2D eigenvalue weighted by atomic mass is 9.94. The first-order chi connectivity index (χ1) is 8.58. The van der Waals surface area contributed by atoms with Crippen LogP contribution in [-0.4, -0.2) is 17.9 Å². The summed E-state index contributed by atoms with van der Waals surface area (Å²) in [6.45, 7) is 0. The normalized spacial score (nSPS) is 22.3. The molecule has 2 atom stereocenters. The summed E-state index contributed by atoms with van der Waals surface area (Å²) in [5.74, 6) is -1.79. The van der Waals surface area contributed by atoms with Crippen molar-refractivity contribution >= 4 is 17.9 Å². The smallest absolute Gasteiger partial charge is 0.318 e. The van der Waals surface area contributed by atoms with E-state index >= 15 is 0 Å². The van der Waals surface area contributed by atoms with Crippen LogP contribution in [0.5, 0.6) is 0 Å². The molecule has 3 N–H and O–H groups in total. The summed E-state index contributed by atoms with van der Waals surface area (Å²) >= 11 is 0. The third-order valence-corrected chi connectivity index (χ3v) is 2.72. The van der Waals surface area contributed by atoms with E-state index in [1.54, 1.807) is 24.3 Å². The standard InChI is InChI=1S/C12H12N2O4/c13-12(17)14-11(16)8-6-9(15)18-10(8)7-4-2-1-3-5-7/h1-5,8,10H,6H2,(H3,13,14,16,17). The number of ether oxygens (including phenoxy) is 1. The maximum absolute atomic E-state index is 11.7. The first kappa shape index (κ1) is 12.1. The number of imide groups is 1. The van der Waals surface area contributed by atoms with Crippen LogP contribution in [0.15, 0.2) is 30.3 Å². The van der Waals surface area contributed by atoms with Gasteiger partial charge in [0.2, 0.25) is 5.91 Å². The summed E-state index contributed by atoms with van der Waals surface area (Å²) in [7, 11) is 0. The molecule has 0 spiro atoms. The largest absolute Gasteiger partial charge is 0.457 e. The lowest BCUT2D eigenvalue weighted by molar-refractivity contribution is -0.141. The molecule has 2 rings (SSSR count). The number of rotatable bonds is 2. The molecule has 0 bridgehead atoms. The summed E-state index contributed by atoms with van der Waals surface area (Å²) in [5.41, 5.74) is 5.60. The van der Waals surface area contributed by atoms with Crippen molar-refractivity contribution in [3.8, 4) is 0 Å². The van der Waals surface area contributed by atoms with Gasteiger partial charge >= 0.3 is 12.0 Å². The second kappa shape index (κ2) is 4.87. The van der Waals surface area contributed by atoms with Crippen molar-refractivity contribution < 1.29 is 19.1 Å². The predicted octanol–water partition coefficient (Wildman–Crippen LogP) is 0.486. The Hall–Kier alpha value is -2.37. The SMILES string of the molecule is NC(=O)NC(=O)C1CC(=O)OC1c1ccccc1. The maximum Gasteiger partial charge on any atom is 0.318 e. The Bertz CT molecular complexity index is 486. The van der Waals surface area contributed by atoms with E-state index < -0.39 is 29.9 Å². The fourth-order valence-corrected chi connectivity index (χ4v) is 1.95. The minimum absolute atomic E-state index is 0.0569. The van der Waals surface area contributed by atoms with E-state index in [-0.39, 0.29) is 6.42 Å². The molecule has 18 heavy (non-hydrogen) atoms. The summed E-state index contributed by atoms with van der Waals surface area (Å²) in [6, 6.07) is 7.96. The molecule has 6 heteroatoms. The van der Waals surface area contributed by atoms with Crippen LogP contribution >= 0.6 is 0 Å². The van der Waals surface area contributed by atoms with E-state index in [0.717, 1.165) is 0 Å². The minimum Gasteiger partial charge on any atom is -0.457 e. The number of nitrogens with one attached hydrogen (secondary N) is 1. The predicted molar refractivity (Wildman–Crippen MR) is 61.1 cm³/mol. The van der Waals surface area contributed by atoms with Gasteiger partial charge in [0.15, 0.2) is 0 Å². The lowest BCUT2D eigenvalue weighted by Crippen LogP contribution is -2.40. The highest BCUT2D eigenvalue weighted by atomic mass is 16.6. The van der Waals surface area contributed by atoms with Gasteiger partial charge in [-0.3, -0.25) is 14.9 Å². The Morgan fingerprint density at radius 2 is 1.94 bits per heavy atom. The molecule has 1 aliphatic rings. The number of amides is 3. The molecule has 3 amide bonds. The first-order valence-electron chi connectivity index (χ1n) is 5.42. The van der Waals surface area contributed by atoms with Crippen LogP contribution in [0.4, 0.5) is 4.79 Å². The molecule has 0 radical (unpaired) electrons. The third-order valence-electron chi connectivity index (χ3n) is 2.72. The molecule has 1 aromatic rings. The third kappa shape index (κ3) is 2.48. The maximum atomic E-state index is 11.7. The Balaban J connectivity index is 2.20. The number of carbonyl (C=O) groups excluding carboxylic acids is 3. The van der Waals surface area contributed by atoms with E-state index in [0.29, 0.717) is 5.56 Å². The van der Waals surface area contributed by atoms with Gasteiger partial charge in [0, 0.05) is 0 Å². The summed E-state index contributed by atoms with van der Waals surface area (Å²) in [6.07, 6.45) is -0.725. The Kier molecular flexibility index (Phi) is 3.27. The van der Waals surface area contributed by atoms with Crippen LogP contribution < -0.4 is 11.1 Å². The first-order valence-corrected chi connectivity index (χ1v) is 5.42. The fourth-order valence-electron chi connectivity index (χ4n) is 1.95. The van der Waals surface area contributed by atoms with Crippen LogP contribution in [0, 0.1) is 5.92 Å². The number of esters is 1. The van der Waals surface area contributed by atoms with Gasteiger partial charge in [0.25, 0.3) is 0 Å². The zero-order chi connectivity index (χ0) is 13.1. The number of nitrogens with two attached hydrogens (primary N) is 1. The van der Waals surface area contributed by atoms with E-state index in [9.17, 15) is 14.4 Å². The average Bonchev–Trinajstić information content (AvgIpc) is 2.72. The highest BCUT2D eigenvalue weighted by Gasteiger charge is 2.41. The van der Waals surface area contributed by atoms with E-state index in [4.69, 9.17) is 10.5 Å². The topological polar surface area (TPSA) is 98.5 Å². The molecule has 1 fully saturated rings. The van der Waals surface area contributed by atoms with E-state index in [1.807, 2.05) is 11.4 Å². The Morgan fingerprint density at radius 3 is 2.56 bits per heavy atom. The molecule has 1 heterocycles. The van der Waals surface area contributed by atoms with Crippen LogP contribution in [-0.2, 0) is 14.3 Å². The second-order valence-electron chi connectivity index (χ2n) is 3.99. The van der Waals surface area contributed by atoms with Gasteiger partial charge < -0.3 is 10.5 Å². The van der Waals surface area contributed by atoms with Crippen molar-refractivity contribution in [2.24, 2.45) is 11.7 Å². The molecule has 2 unspecified atom stereocenters. The van der Waals surface area contributed by atoms with Gasteiger partial charge in [-0.1, -0.05) is 30.3 Å². The number of benzene rings is 1. The van der Waals surface area contributed by atoms with Gasteiger partial charge in [-0.15, -0.1) is 0 Å². The number of urea groups is 1. The minimum atomic E-state index is -0.939. The van der Waals surface area contributed by atoms with E-state index in [2.05, 4.69) is 0 Å². The molecule has 94 valence electrons. The van der Waals surface area contributed by atoms with Crippen LogP contribution in [0.3, 0.4) is 0 Å². The molecular formula is C12H12N2O4. The quantitative estimate of drug-likeness (QED) is 0.744. The van der Waals surface area contributed by atoms with Crippen molar-refractivity contribution in [1.82, 2.24) is 5.32 Å².